The summed E-state index contributed by atoms with van der Waals surface area (Å²) < 4.78 is 2.08. The molecule has 1 N–H and O–H groups in total. The molecular formula is C21H20ClN5O2. The standard InChI is InChI=1S/C21H20ClN5O2/c1-13-11-26(21(29)17-9-8-16(10-18(17)22)23-14(2)28)12-19-24-25-20(27(13)19)15-6-4-3-5-7-15/h3-10,13H,11-12H2,1-2H3,(H,23,28)/t13-/m0/s1. The van der Waals surface area contributed by atoms with Crippen LogP contribution in [0, 0.1) is 0 Å². The Morgan fingerprint density at radius 3 is 2.59 bits per heavy atom. The Balaban J connectivity index is 1.59. The first-order valence-electron chi connectivity index (χ1n) is 9.29. The molecule has 148 valence electrons. The number of aromatic nitrogens is 3. The molecule has 0 unspecified atom stereocenters. The van der Waals surface area contributed by atoms with Crippen LogP contribution < -0.4 is 5.32 Å². The maximum absolute atomic E-state index is 13.1. The van der Waals surface area contributed by atoms with E-state index in [0.717, 1.165) is 17.2 Å². The molecule has 29 heavy (non-hydrogen) atoms. The Morgan fingerprint density at radius 2 is 1.90 bits per heavy atom. The predicted octanol–water partition coefficient (Wildman–Crippen LogP) is 3.77. The highest BCUT2D eigenvalue weighted by atomic mass is 35.5. The number of anilines is 1. The second kappa shape index (κ2) is 7.67. The van der Waals surface area contributed by atoms with Crippen molar-refractivity contribution in [2.75, 3.05) is 11.9 Å². The minimum absolute atomic E-state index is 0.0188. The third kappa shape index (κ3) is 3.73. The number of hydrogen-bond acceptors (Lipinski definition) is 4. The maximum atomic E-state index is 13.1. The molecule has 0 aliphatic carbocycles. The molecule has 1 atom stereocenters. The number of carbonyl (C=O) groups is 2. The first-order valence-corrected chi connectivity index (χ1v) is 9.67. The molecule has 2 heterocycles. The van der Waals surface area contributed by atoms with Crippen molar-refractivity contribution in [1.82, 2.24) is 19.7 Å². The number of rotatable bonds is 3. The number of benzene rings is 2. The SMILES string of the molecule is CC(=O)Nc1ccc(C(=O)N2Cc3nnc(-c4ccccc4)n3[C@@H](C)C2)c(Cl)c1. The molecule has 0 bridgehead atoms. The van der Waals surface area contributed by atoms with E-state index in [1.54, 1.807) is 23.1 Å². The molecule has 2 aromatic carbocycles. The highest BCUT2D eigenvalue weighted by Crippen LogP contribution is 2.29. The van der Waals surface area contributed by atoms with Crippen molar-refractivity contribution in [2.45, 2.75) is 26.4 Å². The zero-order valence-corrected chi connectivity index (χ0v) is 16.8. The lowest BCUT2D eigenvalue weighted by Gasteiger charge is -2.33. The molecule has 1 aliphatic rings. The summed E-state index contributed by atoms with van der Waals surface area (Å²) in [5.41, 5.74) is 1.94. The smallest absolute Gasteiger partial charge is 0.255 e. The zero-order chi connectivity index (χ0) is 20.5. The quantitative estimate of drug-likeness (QED) is 0.714. The molecule has 8 heteroatoms. The van der Waals surface area contributed by atoms with Crippen LogP contribution in [0.2, 0.25) is 5.02 Å². The van der Waals surface area contributed by atoms with Gasteiger partial charge in [-0.25, -0.2) is 0 Å². The van der Waals surface area contributed by atoms with Crippen LogP contribution in [0.5, 0.6) is 0 Å². The predicted molar refractivity (Wildman–Crippen MR) is 111 cm³/mol. The van der Waals surface area contributed by atoms with Crippen LogP contribution in [0.1, 0.15) is 36.1 Å². The largest absolute Gasteiger partial charge is 0.329 e. The van der Waals surface area contributed by atoms with Gasteiger partial charge in [-0.2, -0.15) is 0 Å². The van der Waals surface area contributed by atoms with E-state index in [1.807, 2.05) is 37.3 Å². The number of nitrogens with zero attached hydrogens (tertiary/aromatic N) is 4. The molecule has 0 saturated heterocycles. The summed E-state index contributed by atoms with van der Waals surface area (Å²) >= 11 is 6.32. The van der Waals surface area contributed by atoms with E-state index in [4.69, 9.17) is 11.6 Å². The molecule has 1 aromatic heterocycles. The number of halogens is 1. The third-order valence-electron chi connectivity index (χ3n) is 4.86. The summed E-state index contributed by atoms with van der Waals surface area (Å²) in [6, 6.07) is 14.8. The molecule has 1 aliphatic heterocycles. The van der Waals surface area contributed by atoms with E-state index in [1.165, 1.54) is 6.92 Å². The Hall–Kier alpha value is -3.19. The van der Waals surface area contributed by atoms with Gasteiger partial charge in [-0.05, 0) is 25.1 Å². The van der Waals surface area contributed by atoms with Crippen molar-refractivity contribution in [1.29, 1.82) is 0 Å². The normalized spacial score (nSPS) is 15.7. The van der Waals surface area contributed by atoms with E-state index in [0.29, 0.717) is 29.4 Å². The van der Waals surface area contributed by atoms with E-state index < -0.39 is 0 Å². The number of nitrogens with one attached hydrogen (secondary N) is 1. The number of fused-ring (bicyclic) bond motifs is 1. The average Bonchev–Trinajstić information content (AvgIpc) is 3.12. The number of hydrogen-bond donors (Lipinski definition) is 1. The topological polar surface area (TPSA) is 80.1 Å². The van der Waals surface area contributed by atoms with Crippen LogP contribution in [0.15, 0.2) is 48.5 Å². The van der Waals surface area contributed by atoms with Gasteiger partial charge >= 0.3 is 0 Å². The Labute approximate surface area is 173 Å². The summed E-state index contributed by atoms with van der Waals surface area (Å²) in [4.78, 5) is 26.0. The molecule has 0 radical (unpaired) electrons. The fraction of sp³-hybridized carbons (Fsp3) is 0.238. The van der Waals surface area contributed by atoms with Gasteiger partial charge in [-0.3, -0.25) is 9.59 Å². The second-order valence-electron chi connectivity index (χ2n) is 7.09. The van der Waals surface area contributed by atoms with Gasteiger partial charge in [0.1, 0.15) is 0 Å². The molecule has 7 nitrogen and oxygen atoms in total. The number of carbonyl (C=O) groups excluding carboxylic acids is 2. The first kappa shape index (κ1) is 19.1. The first-order chi connectivity index (χ1) is 13.9. The summed E-state index contributed by atoms with van der Waals surface area (Å²) in [6.07, 6.45) is 0. The van der Waals surface area contributed by atoms with Crippen molar-refractivity contribution in [3.63, 3.8) is 0 Å². The highest BCUT2D eigenvalue weighted by molar-refractivity contribution is 6.34. The summed E-state index contributed by atoms with van der Waals surface area (Å²) in [7, 11) is 0. The Morgan fingerprint density at radius 1 is 1.14 bits per heavy atom. The lowest BCUT2D eigenvalue weighted by molar-refractivity contribution is -0.114. The Kier molecular flexibility index (Phi) is 5.07. The van der Waals surface area contributed by atoms with E-state index in [-0.39, 0.29) is 17.9 Å². The lowest BCUT2D eigenvalue weighted by Crippen LogP contribution is -2.40. The fourth-order valence-corrected chi connectivity index (χ4v) is 3.87. The van der Waals surface area contributed by atoms with Crippen LogP contribution in [0.3, 0.4) is 0 Å². The molecule has 2 amide bonds. The highest BCUT2D eigenvalue weighted by Gasteiger charge is 2.30. The minimum atomic E-state index is -0.196. The van der Waals surface area contributed by atoms with E-state index >= 15 is 0 Å². The van der Waals surface area contributed by atoms with Crippen molar-refractivity contribution in [2.24, 2.45) is 0 Å². The van der Waals surface area contributed by atoms with Gasteiger partial charge < -0.3 is 14.8 Å². The molecule has 0 spiro atoms. The van der Waals surface area contributed by atoms with Gasteiger partial charge in [-0.15, -0.1) is 10.2 Å². The molecule has 4 rings (SSSR count). The summed E-state index contributed by atoms with van der Waals surface area (Å²) in [6.45, 7) is 4.34. The number of amides is 2. The van der Waals surface area contributed by atoms with Gasteiger partial charge in [0.25, 0.3) is 5.91 Å². The average molecular weight is 410 g/mol. The Bertz CT molecular complexity index is 1080. The van der Waals surface area contributed by atoms with Crippen molar-refractivity contribution in [3.05, 3.63) is 64.9 Å². The van der Waals surface area contributed by atoms with Crippen molar-refractivity contribution in [3.8, 4) is 11.4 Å². The summed E-state index contributed by atoms with van der Waals surface area (Å²) in [5, 5.41) is 11.6. The molecule has 0 fully saturated rings. The van der Waals surface area contributed by atoms with Gasteiger partial charge in [-0.1, -0.05) is 41.9 Å². The molecular weight excluding hydrogens is 390 g/mol. The van der Waals surface area contributed by atoms with Crippen molar-refractivity contribution >= 4 is 29.1 Å². The fourth-order valence-electron chi connectivity index (χ4n) is 3.61. The van der Waals surface area contributed by atoms with E-state index in [2.05, 4.69) is 20.1 Å². The van der Waals surface area contributed by atoms with Crippen LogP contribution in [0.25, 0.3) is 11.4 Å². The monoisotopic (exact) mass is 409 g/mol. The zero-order valence-electron chi connectivity index (χ0n) is 16.1. The summed E-state index contributed by atoms with van der Waals surface area (Å²) in [5.74, 6) is 1.17. The van der Waals surface area contributed by atoms with E-state index in [9.17, 15) is 9.59 Å². The lowest BCUT2D eigenvalue weighted by atomic mass is 10.1. The third-order valence-corrected chi connectivity index (χ3v) is 5.18. The van der Waals surface area contributed by atoms with Gasteiger partial charge in [0.05, 0.1) is 23.2 Å². The second-order valence-corrected chi connectivity index (χ2v) is 7.49. The van der Waals surface area contributed by atoms with Gasteiger partial charge in [0.2, 0.25) is 5.91 Å². The molecule has 3 aromatic rings. The van der Waals surface area contributed by atoms with Crippen LogP contribution in [-0.2, 0) is 11.3 Å². The maximum Gasteiger partial charge on any atom is 0.255 e. The van der Waals surface area contributed by atoms with Crippen LogP contribution >= 0.6 is 11.6 Å². The molecule has 0 saturated carbocycles. The van der Waals surface area contributed by atoms with Gasteiger partial charge in [0.15, 0.2) is 11.6 Å². The van der Waals surface area contributed by atoms with Gasteiger partial charge in [0, 0.05) is 24.7 Å². The van der Waals surface area contributed by atoms with Crippen LogP contribution in [-0.4, -0.2) is 38.0 Å². The van der Waals surface area contributed by atoms with Crippen molar-refractivity contribution < 1.29 is 9.59 Å². The van der Waals surface area contributed by atoms with Crippen LogP contribution in [0.4, 0.5) is 5.69 Å². The minimum Gasteiger partial charge on any atom is -0.329 e.